The monoisotopic (exact) mass is 635 g/mol. The van der Waals surface area contributed by atoms with E-state index in [-0.39, 0.29) is 11.8 Å². The van der Waals surface area contributed by atoms with Gasteiger partial charge < -0.3 is 34.6 Å². The molecule has 0 radical (unpaired) electrons. The van der Waals surface area contributed by atoms with Gasteiger partial charge in [-0.3, -0.25) is 9.59 Å². The topological polar surface area (TPSA) is 97.6 Å². The van der Waals surface area contributed by atoms with Crippen LogP contribution in [0.15, 0.2) is 48.6 Å². The molecular weight excluding hydrogens is 568 g/mol. The van der Waals surface area contributed by atoms with E-state index in [1.54, 1.807) is 11.9 Å². The molecule has 0 fully saturated rings. The number of nitrogens with two attached hydrogens (primary N) is 1. The van der Waals surface area contributed by atoms with Crippen molar-refractivity contribution in [3.8, 4) is 0 Å². The van der Waals surface area contributed by atoms with Gasteiger partial charge in [-0.25, -0.2) is 0 Å². The van der Waals surface area contributed by atoms with E-state index in [4.69, 9.17) is 19.9 Å². The maximum Gasteiger partial charge on any atom is 0.224 e. The number of carbonyl (C=O) groups excluding carboxylic acids is 2. The summed E-state index contributed by atoms with van der Waals surface area (Å²) in [6.07, 6.45) is 11.9. The molecule has 0 aliphatic rings. The number of unbranched alkanes of at least 4 members (excludes halogenated alkanes) is 3. The highest BCUT2D eigenvalue weighted by atomic mass is 16.5. The number of carbonyl (C=O) groups is 2. The van der Waals surface area contributed by atoms with Crippen LogP contribution >= 0.6 is 0 Å². The Morgan fingerprint density at radius 2 is 1.27 bits per heavy atom. The van der Waals surface area contributed by atoms with Crippen LogP contribution in [-0.4, -0.2) is 120 Å². The first-order valence-electron chi connectivity index (χ1n) is 16.8. The lowest BCUT2D eigenvalue weighted by Crippen LogP contribution is -2.32. The second-order valence-electron chi connectivity index (χ2n) is 12.0. The predicted octanol–water partition coefficient (Wildman–Crippen LogP) is 5.24. The molecular formula is C36H66N4O5. The minimum Gasteiger partial charge on any atom is -0.379 e. The highest BCUT2D eigenvalue weighted by Crippen LogP contribution is 2.27. The van der Waals surface area contributed by atoms with E-state index in [0.29, 0.717) is 77.9 Å². The van der Waals surface area contributed by atoms with Crippen LogP contribution in [0.2, 0.25) is 0 Å². The number of amides is 2. The van der Waals surface area contributed by atoms with Gasteiger partial charge in [0.15, 0.2) is 0 Å². The molecule has 1 unspecified atom stereocenters. The minimum atomic E-state index is 0.105. The average molecular weight is 635 g/mol. The van der Waals surface area contributed by atoms with Crippen molar-refractivity contribution in [3.63, 3.8) is 0 Å². The van der Waals surface area contributed by atoms with E-state index in [1.165, 1.54) is 11.1 Å². The van der Waals surface area contributed by atoms with Gasteiger partial charge in [0.05, 0.1) is 46.1 Å². The van der Waals surface area contributed by atoms with Crippen molar-refractivity contribution in [2.45, 2.75) is 71.6 Å². The van der Waals surface area contributed by atoms with Gasteiger partial charge in [0, 0.05) is 46.7 Å². The van der Waals surface area contributed by atoms with Gasteiger partial charge in [-0.15, -0.1) is 0 Å². The molecule has 0 saturated heterocycles. The molecule has 0 aromatic heterocycles. The zero-order valence-corrected chi connectivity index (χ0v) is 29.5. The number of hydrogen-bond acceptors (Lipinski definition) is 7. The third-order valence-corrected chi connectivity index (χ3v) is 8.02. The zero-order valence-electron chi connectivity index (χ0n) is 29.5. The fraction of sp³-hybridized carbons (Fsp3) is 0.722. The third kappa shape index (κ3) is 22.8. The third-order valence-electron chi connectivity index (χ3n) is 8.02. The summed E-state index contributed by atoms with van der Waals surface area (Å²) < 4.78 is 16.9. The number of allylic oxidation sites excluding steroid dienone is 5. The van der Waals surface area contributed by atoms with Crippen LogP contribution in [0.4, 0.5) is 0 Å². The fourth-order valence-electron chi connectivity index (χ4n) is 4.66. The van der Waals surface area contributed by atoms with Gasteiger partial charge in [0.1, 0.15) is 0 Å². The highest BCUT2D eigenvalue weighted by Gasteiger charge is 2.13. The van der Waals surface area contributed by atoms with Gasteiger partial charge in [0.2, 0.25) is 11.8 Å². The molecule has 0 saturated carbocycles. The molecule has 0 aromatic carbocycles. The molecule has 0 heterocycles. The first-order chi connectivity index (χ1) is 21.6. The van der Waals surface area contributed by atoms with E-state index < -0.39 is 0 Å². The van der Waals surface area contributed by atoms with Crippen molar-refractivity contribution in [3.05, 3.63) is 48.6 Å². The summed E-state index contributed by atoms with van der Waals surface area (Å²) in [5, 5.41) is 0. The summed E-state index contributed by atoms with van der Waals surface area (Å²) in [7, 11) is 5.69. The summed E-state index contributed by atoms with van der Waals surface area (Å²) in [6.45, 7) is 22.9. The van der Waals surface area contributed by atoms with Gasteiger partial charge in [-0.2, -0.15) is 0 Å². The molecule has 0 aliphatic heterocycles. The SMILES string of the molecule is C=CC(=C)C(CCCCCCN(C)C(=O)CCOCCOCCN(C)CCOCCN(C)C(=O)CCCN)CC(C=C)=C(C)C. The number of rotatable bonds is 30. The standard InChI is InChI=1S/C36H66N4O5/c1-9-32(5)34(30-33(10-2)31(3)4)16-13-11-12-14-20-39(7)36(42)18-24-43-28-29-45-26-22-38(6)21-25-44-27-23-40(8)35(41)17-15-19-37/h9-10,34H,1-2,5,11-30,37H2,3-4,6-8H3. The summed E-state index contributed by atoms with van der Waals surface area (Å²) in [6, 6.07) is 0. The van der Waals surface area contributed by atoms with Gasteiger partial charge >= 0.3 is 0 Å². The molecule has 1 atom stereocenters. The molecule has 0 spiro atoms. The van der Waals surface area contributed by atoms with Gasteiger partial charge in [0.25, 0.3) is 0 Å². The second-order valence-corrected chi connectivity index (χ2v) is 12.0. The Kier molecular flexibility index (Phi) is 26.5. The van der Waals surface area contributed by atoms with E-state index in [2.05, 4.69) is 38.5 Å². The van der Waals surface area contributed by atoms with Crippen molar-refractivity contribution in [2.75, 3.05) is 93.5 Å². The Labute approximate surface area is 275 Å². The lowest BCUT2D eigenvalue weighted by Gasteiger charge is -2.20. The minimum absolute atomic E-state index is 0.105. The van der Waals surface area contributed by atoms with E-state index in [9.17, 15) is 9.59 Å². The molecule has 260 valence electrons. The molecule has 2 amide bonds. The molecule has 0 bridgehead atoms. The van der Waals surface area contributed by atoms with E-state index in [1.807, 2.05) is 31.1 Å². The summed E-state index contributed by atoms with van der Waals surface area (Å²) in [5.41, 5.74) is 9.16. The predicted molar refractivity (Wildman–Crippen MR) is 187 cm³/mol. The molecule has 9 heteroatoms. The lowest BCUT2D eigenvalue weighted by atomic mass is 9.86. The first-order valence-corrected chi connectivity index (χ1v) is 16.8. The number of hydrogen-bond donors (Lipinski definition) is 1. The van der Waals surface area contributed by atoms with Crippen LogP contribution in [0, 0.1) is 5.92 Å². The molecule has 0 aromatic rings. The Hall–Kier alpha value is -2.30. The van der Waals surface area contributed by atoms with Crippen LogP contribution < -0.4 is 5.73 Å². The van der Waals surface area contributed by atoms with Crippen LogP contribution in [-0.2, 0) is 23.8 Å². The Balaban J connectivity index is 3.80. The van der Waals surface area contributed by atoms with E-state index in [0.717, 1.165) is 63.7 Å². The summed E-state index contributed by atoms with van der Waals surface area (Å²) in [4.78, 5) is 29.9. The average Bonchev–Trinajstić information content (AvgIpc) is 3.02. The van der Waals surface area contributed by atoms with Gasteiger partial charge in [-0.05, 0) is 64.6 Å². The summed E-state index contributed by atoms with van der Waals surface area (Å²) in [5.74, 6) is 0.626. The van der Waals surface area contributed by atoms with Crippen molar-refractivity contribution in [1.29, 1.82) is 0 Å². The van der Waals surface area contributed by atoms with Gasteiger partial charge in [-0.1, -0.05) is 62.3 Å². The molecule has 9 nitrogen and oxygen atoms in total. The van der Waals surface area contributed by atoms with Crippen molar-refractivity contribution >= 4 is 11.8 Å². The van der Waals surface area contributed by atoms with Crippen molar-refractivity contribution in [2.24, 2.45) is 11.7 Å². The highest BCUT2D eigenvalue weighted by molar-refractivity contribution is 5.76. The lowest BCUT2D eigenvalue weighted by molar-refractivity contribution is -0.131. The Bertz CT molecular complexity index is 872. The maximum atomic E-state index is 12.4. The zero-order chi connectivity index (χ0) is 33.9. The molecule has 2 N–H and O–H groups in total. The fourth-order valence-corrected chi connectivity index (χ4v) is 4.66. The number of nitrogens with zero attached hydrogens (tertiary/aromatic N) is 3. The summed E-state index contributed by atoms with van der Waals surface area (Å²) >= 11 is 0. The Morgan fingerprint density at radius 1 is 0.711 bits per heavy atom. The normalized spacial score (nSPS) is 11.7. The maximum absolute atomic E-state index is 12.4. The number of ether oxygens (including phenoxy) is 3. The molecule has 0 aliphatic carbocycles. The molecule has 0 rings (SSSR count). The largest absolute Gasteiger partial charge is 0.379 e. The van der Waals surface area contributed by atoms with Crippen molar-refractivity contribution in [1.82, 2.24) is 14.7 Å². The van der Waals surface area contributed by atoms with Crippen LogP contribution in [0.5, 0.6) is 0 Å². The van der Waals surface area contributed by atoms with Crippen LogP contribution in [0.1, 0.15) is 71.6 Å². The van der Waals surface area contributed by atoms with Crippen molar-refractivity contribution < 1.29 is 23.8 Å². The first kappa shape index (κ1) is 42.7. The number of likely N-dealkylation sites (N-methyl/N-ethyl adjacent to an activating group) is 2. The van der Waals surface area contributed by atoms with Crippen LogP contribution in [0.3, 0.4) is 0 Å². The quantitative estimate of drug-likeness (QED) is 0.0853. The van der Waals surface area contributed by atoms with E-state index >= 15 is 0 Å². The van der Waals surface area contributed by atoms with Crippen LogP contribution in [0.25, 0.3) is 0 Å². The Morgan fingerprint density at radius 3 is 1.87 bits per heavy atom. The smallest absolute Gasteiger partial charge is 0.224 e. The second kappa shape index (κ2) is 28.0. The molecule has 45 heavy (non-hydrogen) atoms.